The highest BCUT2D eigenvalue weighted by Crippen LogP contribution is 2.37. The van der Waals surface area contributed by atoms with Crippen molar-refractivity contribution < 1.29 is 22.6 Å². The van der Waals surface area contributed by atoms with Gasteiger partial charge in [-0.1, -0.05) is 24.3 Å². The summed E-state index contributed by atoms with van der Waals surface area (Å²) >= 11 is 0. The fourth-order valence-corrected chi connectivity index (χ4v) is 3.72. The summed E-state index contributed by atoms with van der Waals surface area (Å²) in [5.41, 5.74) is 1.96. The van der Waals surface area contributed by atoms with E-state index in [9.17, 15) is 13.2 Å². The van der Waals surface area contributed by atoms with Gasteiger partial charge < -0.3 is 20.1 Å². The highest BCUT2D eigenvalue weighted by Gasteiger charge is 2.36. The molecule has 0 spiro atoms. The van der Waals surface area contributed by atoms with Crippen molar-refractivity contribution in [1.29, 1.82) is 0 Å². The van der Waals surface area contributed by atoms with E-state index in [1.807, 2.05) is 24.3 Å². The normalized spacial score (nSPS) is 15.2. The molecule has 1 aliphatic carbocycles. The summed E-state index contributed by atoms with van der Waals surface area (Å²) in [6.45, 7) is 0.132. The van der Waals surface area contributed by atoms with Crippen LogP contribution in [0.2, 0.25) is 0 Å². The monoisotopic (exact) mass is 414 g/mol. The van der Waals surface area contributed by atoms with Gasteiger partial charge in [-0.3, -0.25) is 0 Å². The number of ether oxygens (including phenoxy) is 2. The number of hydrogen-bond acceptors (Lipinski definition) is 6. The van der Waals surface area contributed by atoms with E-state index in [-0.39, 0.29) is 24.6 Å². The summed E-state index contributed by atoms with van der Waals surface area (Å²) in [6, 6.07) is 12.8. The minimum atomic E-state index is -4.56. The van der Waals surface area contributed by atoms with Crippen LogP contribution in [0.15, 0.2) is 48.7 Å². The predicted octanol–water partition coefficient (Wildman–Crippen LogP) is 4.55. The second-order valence-electron chi connectivity index (χ2n) is 7.16. The highest BCUT2D eigenvalue weighted by atomic mass is 19.4. The molecule has 2 N–H and O–H groups in total. The summed E-state index contributed by atoms with van der Waals surface area (Å²) in [6.07, 6.45) is -2.48. The lowest BCUT2D eigenvalue weighted by Crippen LogP contribution is -2.23. The highest BCUT2D eigenvalue weighted by molar-refractivity contribution is 5.62. The molecule has 0 bridgehead atoms. The van der Waals surface area contributed by atoms with Gasteiger partial charge in [0.15, 0.2) is 11.5 Å². The Morgan fingerprint density at radius 3 is 2.43 bits per heavy atom. The van der Waals surface area contributed by atoms with Gasteiger partial charge in [0.25, 0.3) is 0 Å². The molecule has 0 amide bonds. The Bertz CT molecular complexity index is 1080. The Hall–Kier alpha value is -3.49. The molecule has 2 heterocycles. The molecule has 0 fully saturated rings. The molecular weight excluding hydrogens is 397 g/mol. The quantitative estimate of drug-likeness (QED) is 0.653. The fraction of sp³-hybridized carbons (Fsp3) is 0.238. The first-order valence-electron chi connectivity index (χ1n) is 9.40. The van der Waals surface area contributed by atoms with Gasteiger partial charge in [-0.15, -0.1) is 0 Å². The molecule has 0 radical (unpaired) electrons. The molecule has 6 nitrogen and oxygen atoms in total. The van der Waals surface area contributed by atoms with Crippen LogP contribution in [-0.2, 0) is 19.0 Å². The smallest absolute Gasteiger partial charge is 0.421 e. The van der Waals surface area contributed by atoms with E-state index in [2.05, 4.69) is 20.6 Å². The number of alkyl halides is 3. The molecule has 1 aliphatic heterocycles. The molecule has 2 aliphatic rings. The minimum Gasteiger partial charge on any atom is -0.454 e. The molecular formula is C21H17F3N4O2. The average Bonchev–Trinajstić information content (AvgIpc) is 3.32. The predicted molar refractivity (Wildman–Crippen MR) is 104 cm³/mol. The molecule has 0 atom stereocenters. The summed E-state index contributed by atoms with van der Waals surface area (Å²) in [7, 11) is 0. The van der Waals surface area contributed by atoms with Crippen LogP contribution in [0.1, 0.15) is 16.7 Å². The number of halogens is 3. The van der Waals surface area contributed by atoms with Crippen LogP contribution in [0, 0.1) is 0 Å². The van der Waals surface area contributed by atoms with Gasteiger partial charge in [0.05, 0.1) is 0 Å². The van der Waals surface area contributed by atoms with Crippen LogP contribution >= 0.6 is 0 Å². The van der Waals surface area contributed by atoms with E-state index in [1.165, 1.54) is 0 Å². The molecule has 154 valence electrons. The number of hydrogen-bond donors (Lipinski definition) is 2. The molecule has 3 aromatic rings. The van der Waals surface area contributed by atoms with Crippen LogP contribution in [0.5, 0.6) is 11.5 Å². The average molecular weight is 414 g/mol. The number of rotatable bonds is 4. The van der Waals surface area contributed by atoms with Crippen LogP contribution < -0.4 is 20.1 Å². The zero-order chi connectivity index (χ0) is 20.7. The summed E-state index contributed by atoms with van der Waals surface area (Å²) in [5, 5.41) is 5.90. The van der Waals surface area contributed by atoms with Crippen LogP contribution in [-0.4, -0.2) is 22.8 Å². The third-order valence-corrected chi connectivity index (χ3v) is 5.11. The van der Waals surface area contributed by atoms with Gasteiger partial charge in [-0.05, 0) is 36.1 Å². The third kappa shape index (κ3) is 3.58. The first-order chi connectivity index (χ1) is 14.5. The van der Waals surface area contributed by atoms with Crippen molar-refractivity contribution in [3.05, 3.63) is 65.4 Å². The Labute approximate surface area is 170 Å². The Balaban J connectivity index is 1.40. The van der Waals surface area contributed by atoms with Gasteiger partial charge in [-0.2, -0.15) is 18.2 Å². The maximum Gasteiger partial charge on any atom is 0.421 e. The van der Waals surface area contributed by atoms with Crippen molar-refractivity contribution >= 4 is 17.5 Å². The number of aromatic nitrogens is 2. The summed E-state index contributed by atoms with van der Waals surface area (Å²) in [5.74, 6) is 0.976. The van der Waals surface area contributed by atoms with E-state index in [0.29, 0.717) is 30.0 Å². The van der Waals surface area contributed by atoms with Gasteiger partial charge >= 0.3 is 6.18 Å². The van der Waals surface area contributed by atoms with E-state index in [1.54, 1.807) is 18.2 Å². The standard InChI is InChI=1S/C21H17F3N4O2/c22-21(23,24)16-10-25-20(27-14-5-6-17-18(9-14)30-11-29-17)28-19(16)26-15-7-12-3-1-2-4-13(12)8-15/h1-6,9-10,15H,7-8,11H2,(H2,25,26,27,28). The van der Waals surface area contributed by atoms with Crippen LogP contribution in [0.4, 0.5) is 30.6 Å². The van der Waals surface area contributed by atoms with Crippen molar-refractivity contribution in [3.8, 4) is 11.5 Å². The molecule has 0 saturated heterocycles. The van der Waals surface area contributed by atoms with Crippen molar-refractivity contribution in [2.45, 2.75) is 25.1 Å². The molecule has 0 unspecified atom stereocenters. The van der Waals surface area contributed by atoms with Crippen molar-refractivity contribution in [1.82, 2.24) is 9.97 Å². The second-order valence-corrected chi connectivity index (χ2v) is 7.16. The SMILES string of the molecule is FC(F)(F)c1cnc(Nc2ccc3c(c2)OCO3)nc1NC1Cc2ccccc2C1. The Kier molecular flexibility index (Phi) is 4.38. The molecule has 0 saturated carbocycles. The Morgan fingerprint density at radius 2 is 1.70 bits per heavy atom. The number of benzene rings is 2. The first-order valence-corrected chi connectivity index (χ1v) is 9.40. The van der Waals surface area contributed by atoms with Crippen molar-refractivity contribution in [2.24, 2.45) is 0 Å². The number of nitrogens with one attached hydrogen (secondary N) is 2. The topological polar surface area (TPSA) is 68.3 Å². The number of fused-ring (bicyclic) bond motifs is 2. The van der Waals surface area contributed by atoms with Crippen LogP contribution in [0.3, 0.4) is 0 Å². The van der Waals surface area contributed by atoms with Crippen molar-refractivity contribution in [3.63, 3.8) is 0 Å². The van der Waals surface area contributed by atoms with E-state index >= 15 is 0 Å². The summed E-state index contributed by atoms with van der Waals surface area (Å²) < 4.78 is 51.1. The molecule has 2 aromatic carbocycles. The molecule has 9 heteroatoms. The zero-order valence-electron chi connectivity index (χ0n) is 15.7. The van der Waals surface area contributed by atoms with Gasteiger partial charge in [0, 0.05) is 24.0 Å². The molecule has 5 rings (SSSR count). The summed E-state index contributed by atoms with van der Waals surface area (Å²) in [4.78, 5) is 7.98. The van der Waals surface area contributed by atoms with Crippen molar-refractivity contribution in [2.75, 3.05) is 17.4 Å². The number of nitrogens with zero attached hydrogens (tertiary/aromatic N) is 2. The largest absolute Gasteiger partial charge is 0.454 e. The molecule has 1 aromatic heterocycles. The van der Waals surface area contributed by atoms with Gasteiger partial charge in [-0.25, -0.2) is 4.98 Å². The van der Waals surface area contributed by atoms with E-state index < -0.39 is 11.7 Å². The lowest BCUT2D eigenvalue weighted by Gasteiger charge is -2.18. The van der Waals surface area contributed by atoms with Gasteiger partial charge in [0.1, 0.15) is 11.4 Å². The fourth-order valence-electron chi connectivity index (χ4n) is 3.72. The lowest BCUT2D eigenvalue weighted by molar-refractivity contribution is -0.137. The second kappa shape index (κ2) is 7.08. The maximum absolute atomic E-state index is 13.5. The minimum absolute atomic E-state index is 0.0554. The van der Waals surface area contributed by atoms with E-state index in [0.717, 1.165) is 17.3 Å². The first kappa shape index (κ1) is 18.5. The van der Waals surface area contributed by atoms with Crippen LogP contribution in [0.25, 0.3) is 0 Å². The number of anilines is 3. The third-order valence-electron chi connectivity index (χ3n) is 5.11. The van der Waals surface area contributed by atoms with E-state index in [4.69, 9.17) is 9.47 Å². The Morgan fingerprint density at radius 1 is 0.967 bits per heavy atom. The van der Waals surface area contributed by atoms with Gasteiger partial charge in [0.2, 0.25) is 12.7 Å². The lowest BCUT2D eigenvalue weighted by atomic mass is 10.1. The zero-order valence-corrected chi connectivity index (χ0v) is 15.7. The molecule has 30 heavy (non-hydrogen) atoms. The maximum atomic E-state index is 13.5.